The molecule has 1 N–H and O–H groups in total. The van der Waals surface area contributed by atoms with Gasteiger partial charge in [-0.3, -0.25) is 0 Å². The second-order valence-electron chi connectivity index (χ2n) is 9.89. The largest absolute Gasteiger partial charge is 0.350 e. The van der Waals surface area contributed by atoms with Crippen molar-refractivity contribution in [2.45, 2.75) is 40.3 Å². The first-order valence-electron chi connectivity index (χ1n) is 12.5. The summed E-state index contributed by atoms with van der Waals surface area (Å²) < 4.78 is 0. The van der Waals surface area contributed by atoms with Crippen LogP contribution < -0.4 is 5.32 Å². The molecule has 0 bridgehead atoms. The molecule has 1 atom stereocenters. The molecule has 1 aromatic heterocycles. The smallest absolute Gasteiger partial charge is 0.223 e. The number of rotatable bonds is 8. The third-order valence-electron chi connectivity index (χ3n) is 6.41. The molecule has 0 saturated carbocycles. The van der Waals surface area contributed by atoms with Crippen molar-refractivity contribution in [2.24, 2.45) is 0 Å². The summed E-state index contributed by atoms with van der Waals surface area (Å²) in [5.74, 6) is 0.625. The SMILES string of the molecule is C/C(=C(/c1ccnc(NCc2ccc(C)cc2)n1)N1C=CC(CN(C)C)=CC1C)c1ccc(C)cc1. The van der Waals surface area contributed by atoms with Gasteiger partial charge in [-0.1, -0.05) is 65.7 Å². The molecule has 36 heavy (non-hydrogen) atoms. The minimum absolute atomic E-state index is 0.194. The summed E-state index contributed by atoms with van der Waals surface area (Å²) in [6.07, 6.45) is 8.58. The first kappa shape index (κ1) is 25.4. The second-order valence-corrected chi connectivity index (χ2v) is 9.89. The average Bonchev–Trinajstić information content (AvgIpc) is 2.85. The van der Waals surface area contributed by atoms with Crippen molar-refractivity contribution >= 4 is 17.2 Å². The van der Waals surface area contributed by atoms with Gasteiger partial charge in [0.15, 0.2) is 0 Å². The molecule has 0 amide bonds. The molecule has 1 aliphatic heterocycles. The second kappa shape index (κ2) is 11.4. The summed E-state index contributed by atoms with van der Waals surface area (Å²) in [5.41, 5.74) is 9.38. The van der Waals surface area contributed by atoms with E-state index in [4.69, 9.17) is 4.98 Å². The Labute approximate surface area is 215 Å². The Morgan fingerprint density at radius 3 is 2.28 bits per heavy atom. The summed E-state index contributed by atoms with van der Waals surface area (Å²) in [6, 6.07) is 19.4. The van der Waals surface area contributed by atoms with E-state index in [1.54, 1.807) is 0 Å². The molecule has 5 nitrogen and oxygen atoms in total. The van der Waals surface area contributed by atoms with Gasteiger partial charge in [0.2, 0.25) is 5.95 Å². The van der Waals surface area contributed by atoms with Crippen LogP contribution in [0.5, 0.6) is 0 Å². The molecule has 0 spiro atoms. The average molecular weight is 480 g/mol. The van der Waals surface area contributed by atoms with Crippen LogP contribution in [0.1, 0.15) is 41.8 Å². The lowest BCUT2D eigenvalue weighted by molar-refractivity contribution is 0.430. The number of likely N-dealkylation sites (N-methyl/N-ethyl adjacent to an activating group) is 1. The van der Waals surface area contributed by atoms with E-state index in [9.17, 15) is 0 Å². The van der Waals surface area contributed by atoms with Crippen molar-refractivity contribution in [1.29, 1.82) is 0 Å². The van der Waals surface area contributed by atoms with Crippen LogP contribution in [0.2, 0.25) is 0 Å². The van der Waals surface area contributed by atoms with Crippen LogP contribution in [0.3, 0.4) is 0 Å². The molecule has 3 aromatic rings. The summed E-state index contributed by atoms with van der Waals surface area (Å²) in [7, 11) is 4.20. The van der Waals surface area contributed by atoms with Crippen molar-refractivity contribution < 1.29 is 0 Å². The number of allylic oxidation sites excluding steroid dienone is 1. The molecular formula is C31H37N5. The quantitative estimate of drug-likeness (QED) is 0.411. The van der Waals surface area contributed by atoms with Crippen molar-refractivity contribution in [3.63, 3.8) is 0 Å². The molecule has 0 aliphatic carbocycles. The Kier molecular flexibility index (Phi) is 8.01. The number of aromatic nitrogens is 2. The molecule has 2 heterocycles. The van der Waals surface area contributed by atoms with Crippen molar-refractivity contribution in [2.75, 3.05) is 26.0 Å². The summed E-state index contributed by atoms with van der Waals surface area (Å²) >= 11 is 0. The normalized spacial score (nSPS) is 16.1. The maximum Gasteiger partial charge on any atom is 0.223 e. The van der Waals surface area contributed by atoms with Crippen LogP contribution in [0.4, 0.5) is 5.95 Å². The van der Waals surface area contributed by atoms with Gasteiger partial charge in [-0.25, -0.2) is 9.97 Å². The van der Waals surface area contributed by atoms with Crippen LogP contribution in [-0.4, -0.2) is 46.4 Å². The van der Waals surface area contributed by atoms with Gasteiger partial charge in [0.25, 0.3) is 0 Å². The standard InChI is InChI=1S/C31H37N5/c1-22-7-11-26(12-8-22)20-33-31-32-17-15-29(34-31)30(25(4)28-13-9-23(2)10-14-28)36-18-16-27(19-24(36)3)21-35(5)6/h7-19,24H,20-21H2,1-6H3,(H,32,33,34)/b30-25+. The minimum Gasteiger partial charge on any atom is -0.350 e. The van der Waals surface area contributed by atoms with E-state index < -0.39 is 0 Å². The van der Waals surface area contributed by atoms with E-state index in [1.807, 2.05) is 12.3 Å². The highest BCUT2D eigenvalue weighted by atomic mass is 15.2. The zero-order valence-electron chi connectivity index (χ0n) is 22.3. The molecule has 1 unspecified atom stereocenters. The fraction of sp³-hybridized carbons (Fsp3) is 0.290. The van der Waals surface area contributed by atoms with Crippen molar-refractivity contribution in [1.82, 2.24) is 19.8 Å². The lowest BCUT2D eigenvalue weighted by Gasteiger charge is -2.33. The Hall–Kier alpha value is -3.70. The maximum absolute atomic E-state index is 4.96. The monoisotopic (exact) mass is 479 g/mol. The van der Waals surface area contributed by atoms with Gasteiger partial charge in [0.05, 0.1) is 11.4 Å². The molecule has 186 valence electrons. The number of hydrogen-bond acceptors (Lipinski definition) is 5. The molecule has 2 aromatic carbocycles. The van der Waals surface area contributed by atoms with E-state index in [2.05, 4.69) is 129 Å². The van der Waals surface area contributed by atoms with Crippen LogP contribution in [-0.2, 0) is 6.54 Å². The van der Waals surface area contributed by atoms with Crippen LogP contribution >= 0.6 is 0 Å². The zero-order valence-corrected chi connectivity index (χ0v) is 22.3. The highest BCUT2D eigenvalue weighted by molar-refractivity contribution is 5.88. The third kappa shape index (κ3) is 6.29. The Morgan fingerprint density at radius 1 is 0.972 bits per heavy atom. The number of aryl methyl sites for hydroxylation is 2. The number of anilines is 1. The van der Waals surface area contributed by atoms with E-state index in [0.29, 0.717) is 12.5 Å². The van der Waals surface area contributed by atoms with E-state index >= 15 is 0 Å². The zero-order chi connectivity index (χ0) is 25.7. The van der Waals surface area contributed by atoms with E-state index in [0.717, 1.165) is 17.9 Å². The van der Waals surface area contributed by atoms with Gasteiger partial charge in [0, 0.05) is 31.5 Å². The number of benzene rings is 2. The Bertz CT molecular complexity index is 1270. The number of hydrogen-bond donors (Lipinski definition) is 1. The van der Waals surface area contributed by atoms with Crippen LogP contribution in [0, 0.1) is 13.8 Å². The molecule has 4 rings (SSSR count). The van der Waals surface area contributed by atoms with Gasteiger partial charge >= 0.3 is 0 Å². The van der Waals surface area contributed by atoms with E-state index in [1.165, 1.54) is 33.4 Å². The highest BCUT2D eigenvalue weighted by Gasteiger charge is 2.22. The maximum atomic E-state index is 4.96. The topological polar surface area (TPSA) is 44.3 Å². The Morgan fingerprint density at radius 2 is 1.64 bits per heavy atom. The van der Waals surface area contributed by atoms with Crippen molar-refractivity contribution in [3.05, 3.63) is 113 Å². The first-order valence-corrected chi connectivity index (χ1v) is 12.5. The molecule has 0 saturated heterocycles. The fourth-order valence-electron chi connectivity index (χ4n) is 4.43. The predicted octanol–water partition coefficient (Wildman–Crippen LogP) is 6.30. The molecule has 0 fully saturated rings. The lowest BCUT2D eigenvalue weighted by atomic mass is 9.99. The summed E-state index contributed by atoms with van der Waals surface area (Å²) in [6.45, 7) is 10.2. The van der Waals surface area contributed by atoms with Gasteiger partial charge in [-0.15, -0.1) is 0 Å². The lowest BCUT2D eigenvalue weighted by Crippen LogP contribution is -2.30. The number of nitrogens with one attached hydrogen (secondary N) is 1. The summed E-state index contributed by atoms with van der Waals surface area (Å²) in [4.78, 5) is 14.0. The minimum atomic E-state index is 0.194. The van der Waals surface area contributed by atoms with Gasteiger partial charge in [-0.2, -0.15) is 0 Å². The van der Waals surface area contributed by atoms with Crippen LogP contribution in [0.25, 0.3) is 11.3 Å². The molecule has 1 aliphatic rings. The molecule has 0 radical (unpaired) electrons. The summed E-state index contributed by atoms with van der Waals surface area (Å²) in [5, 5.41) is 3.41. The molecule has 5 heteroatoms. The van der Waals surface area contributed by atoms with Crippen molar-refractivity contribution in [3.8, 4) is 0 Å². The van der Waals surface area contributed by atoms with Gasteiger partial charge in [0.1, 0.15) is 0 Å². The molecular weight excluding hydrogens is 442 g/mol. The van der Waals surface area contributed by atoms with Gasteiger partial charge in [-0.05, 0) is 76.2 Å². The fourth-order valence-corrected chi connectivity index (χ4v) is 4.43. The number of nitrogens with zero attached hydrogens (tertiary/aromatic N) is 4. The first-order chi connectivity index (χ1) is 17.3. The highest BCUT2D eigenvalue weighted by Crippen LogP contribution is 2.33. The predicted molar refractivity (Wildman–Crippen MR) is 151 cm³/mol. The van der Waals surface area contributed by atoms with Gasteiger partial charge < -0.3 is 15.1 Å². The Balaban J connectivity index is 1.69. The van der Waals surface area contributed by atoms with E-state index in [-0.39, 0.29) is 6.04 Å². The third-order valence-corrected chi connectivity index (χ3v) is 6.41. The van der Waals surface area contributed by atoms with Crippen LogP contribution in [0.15, 0.2) is 84.7 Å².